The lowest BCUT2D eigenvalue weighted by Crippen LogP contribution is -2.36. The summed E-state index contributed by atoms with van der Waals surface area (Å²) in [7, 11) is 0. The number of hydrogen-bond donors (Lipinski definition) is 2. The van der Waals surface area contributed by atoms with Gasteiger partial charge in [-0.3, -0.25) is 14.4 Å². The highest BCUT2D eigenvalue weighted by atomic mass is 16.2. The van der Waals surface area contributed by atoms with Gasteiger partial charge in [0.25, 0.3) is 0 Å². The van der Waals surface area contributed by atoms with E-state index in [0.29, 0.717) is 25.2 Å². The van der Waals surface area contributed by atoms with E-state index < -0.39 is 11.8 Å². The summed E-state index contributed by atoms with van der Waals surface area (Å²) in [6.45, 7) is 3.19. The molecule has 124 valence electrons. The van der Waals surface area contributed by atoms with Crippen LogP contribution in [0, 0.1) is 0 Å². The molecule has 1 heterocycles. The van der Waals surface area contributed by atoms with Crippen LogP contribution in [0.25, 0.3) is 0 Å². The van der Waals surface area contributed by atoms with Gasteiger partial charge in [-0.2, -0.15) is 0 Å². The molecule has 1 aliphatic rings. The van der Waals surface area contributed by atoms with Gasteiger partial charge in [-0.1, -0.05) is 19.4 Å². The van der Waals surface area contributed by atoms with E-state index in [1.807, 2.05) is 13.0 Å². The average molecular weight is 317 g/mol. The van der Waals surface area contributed by atoms with Crippen LogP contribution in [-0.2, 0) is 14.4 Å². The Kier molecular flexibility index (Phi) is 6.14. The molecule has 0 aromatic heterocycles. The Bertz CT molecular complexity index is 586. The van der Waals surface area contributed by atoms with E-state index >= 15 is 0 Å². The maximum atomic E-state index is 12.0. The van der Waals surface area contributed by atoms with Gasteiger partial charge in [0.05, 0.1) is 0 Å². The number of amides is 3. The Labute approximate surface area is 136 Å². The van der Waals surface area contributed by atoms with Gasteiger partial charge in [0.15, 0.2) is 0 Å². The Morgan fingerprint density at radius 2 is 2.04 bits per heavy atom. The third-order valence-electron chi connectivity index (χ3n) is 3.76. The Morgan fingerprint density at radius 3 is 2.78 bits per heavy atom. The summed E-state index contributed by atoms with van der Waals surface area (Å²) in [5.74, 6) is -1.24. The molecule has 3 amide bonds. The largest absolute Gasteiger partial charge is 0.348 e. The fourth-order valence-corrected chi connectivity index (χ4v) is 2.48. The van der Waals surface area contributed by atoms with Gasteiger partial charge in [-0.25, -0.2) is 0 Å². The van der Waals surface area contributed by atoms with Crippen molar-refractivity contribution >= 4 is 29.1 Å². The molecule has 0 aliphatic carbocycles. The smallest absolute Gasteiger partial charge is 0.313 e. The standard InChI is InChI=1S/C17H23N3O3/c1-2-3-10-18-16(22)17(23)19-13-7-6-8-14(12-13)20-11-5-4-9-15(20)21/h6-8,12H,2-5,9-11H2,1H3,(H,18,22)(H,19,23). The molecular weight excluding hydrogens is 294 g/mol. The molecule has 6 nitrogen and oxygen atoms in total. The fourth-order valence-electron chi connectivity index (χ4n) is 2.48. The molecule has 1 saturated heterocycles. The van der Waals surface area contributed by atoms with E-state index in [4.69, 9.17) is 0 Å². The minimum Gasteiger partial charge on any atom is -0.348 e. The molecule has 0 saturated carbocycles. The summed E-state index contributed by atoms with van der Waals surface area (Å²) in [6.07, 6.45) is 4.24. The van der Waals surface area contributed by atoms with E-state index in [-0.39, 0.29) is 5.91 Å². The van der Waals surface area contributed by atoms with Gasteiger partial charge in [0.1, 0.15) is 0 Å². The van der Waals surface area contributed by atoms with Gasteiger partial charge >= 0.3 is 11.8 Å². The number of hydrogen-bond acceptors (Lipinski definition) is 3. The van der Waals surface area contributed by atoms with Crippen LogP contribution in [0.15, 0.2) is 24.3 Å². The lowest BCUT2D eigenvalue weighted by molar-refractivity contribution is -0.136. The molecule has 0 unspecified atom stereocenters. The van der Waals surface area contributed by atoms with Crippen LogP contribution in [-0.4, -0.2) is 30.8 Å². The minimum atomic E-state index is -0.691. The lowest BCUT2D eigenvalue weighted by Gasteiger charge is -2.27. The molecule has 1 aromatic rings. The second kappa shape index (κ2) is 8.31. The van der Waals surface area contributed by atoms with Crippen molar-refractivity contribution in [1.82, 2.24) is 5.32 Å². The quantitative estimate of drug-likeness (QED) is 0.644. The molecule has 0 atom stereocenters. The number of benzene rings is 1. The summed E-state index contributed by atoms with van der Waals surface area (Å²) in [4.78, 5) is 37.2. The van der Waals surface area contributed by atoms with Crippen molar-refractivity contribution in [3.63, 3.8) is 0 Å². The SMILES string of the molecule is CCCCNC(=O)C(=O)Nc1cccc(N2CCCCC2=O)c1. The van der Waals surface area contributed by atoms with Crippen LogP contribution in [0.2, 0.25) is 0 Å². The first-order valence-corrected chi connectivity index (χ1v) is 8.11. The highest BCUT2D eigenvalue weighted by molar-refractivity contribution is 6.39. The van der Waals surface area contributed by atoms with Crippen molar-refractivity contribution in [3.8, 4) is 0 Å². The van der Waals surface area contributed by atoms with Gasteiger partial charge < -0.3 is 15.5 Å². The average Bonchev–Trinajstić information content (AvgIpc) is 2.55. The van der Waals surface area contributed by atoms with Crippen LogP contribution < -0.4 is 15.5 Å². The highest BCUT2D eigenvalue weighted by Gasteiger charge is 2.20. The van der Waals surface area contributed by atoms with Crippen LogP contribution in [0.1, 0.15) is 39.0 Å². The maximum absolute atomic E-state index is 12.0. The summed E-state index contributed by atoms with van der Waals surface area (Å²) < 4.78 is 0. The normalized spacial score (nSPS) is 14.5. The number of unbranched alkanes of at least 4 members (excludes halogenated alkanes) is 1. The van der Waals surface area contributed by atoms with Crippen LogP contribution in [0.3, 0.4) is 0 Å². The Morgan fingerprint density at radius 1 is 1.22 bits per heavy atom. The third kappa shape index (κ3) is 4.81. The molecule has 23 heavy (non-hydrogen) atoms. The van der Waals surface area contributed by atoms with Crippen LogP contribution >= 0.6 is 0 Å². The number of nitrogens with one attached hydrogen (secondary N) is 2. The molecule has 1 fully saturated rings. The Balaban J connectivity index is 1.98. The lowest BCUT2D eigenvalue weighted by atomic mass is 10.1. The Hall–Kier alpha value is -2.37. The van der Waals surface area contributed by atoms with E-state index in [9.17, 15) is 14.4 Å². The highest BCUT2D eigenvalue weighted by Crippen LogP contribution is 2.23. The number of anilines is 2. The molecule has 2 rings (SSSR count). The number of carbonyl (C=O) groups excluding carboxylic acids is 3. The number of nitrogens with zero attached hydrogens (tertiary/aromatic N) is 1. The predicted molar refractivity (Wildman–Crippen MR) is 89.2 cm³/mol. The van der Waals surface area contributed by atoms with Crippen LogP contribution in [0.4, 0.5) is 11.4 Å². The van der Waals surface area contributed by atoms with E-state index in [1.165, 1.54) is 0 Å². The first-order chi connectivity index (χ1) is 11.1. The molecular formula is C17H23N3O3. The zero-order chi connectivity index (χ0) is 16.7. The van der Waals surface area contributed by atoms with Crippen molar-refractivity contribution in [2.75, 3.05) is 23.3 Å². The zero-order valence-corrected chi connectivity index (χ0v) is 13.4. The monoisotopic (exact) mass is 317 g/mol. The van der Waals surface area contributed by atoms with Crippen molar-refractivity contribution in [3.05, 3.63) is 24.3 Å². The summed E-state index contributed by atoms with van der Waals surface area (Å²) in [5, 5.41) is 5.15. The maximum Gasteiger partial charge on any atom is 0.313 e. The van der Waals surface area contributed by atoms with Crippen LogP contribution in [0.5, 0.6) is 0 Å². The predicted octanol–water partition coefficient (Wildman–Crippen LogP) is 2.06. The topological polar surface area (TPSA) is 78.5 Å². The first kappa shape index (κ1) is 17.0. The summed E-state index contributed by atoms with van der Waals surface area (Å²) >= 11 is 0. The van der Waals surface area contributed by atoms with Gasteiger partial charge in [0, 0.05) is 30.9 Å². The number of carbonyl (C=O) groups is 3. The van der Waals surface area contributed by atoms with Crippen molar-refractivity contribution < 1.29 is 14.4 Å². The van der Waals surface area contributed by atoms with Gasteiger partial charge in [-0.15, -0.1) is 0 Å². The molecule has 2 N–H and O–H groups in total. The van der Waals surface area contributed by atoms with Crippen molar-refractivity contribution in [1.29, 1.82) is 0 Å². The number of rotatable bonds is 5. The molecule has 0 spiro atoms. The molecule has 1 aromatic carbocycles. The molecule has 0 bridgehead atoms. The summed E-state index contributed by atoms with van der Waals surface area (Å²) in [5.41, 5.74) is 1.26. The first-order valence-electron chi connectivity index (χ1n) is 8.11. The van der Waals surface area contributed by atoms with E-state index in [1.54, 1.807) is 23.1 Å². The fraction of sp³-hybridized carbons (Fsp3) is 0.471. The minimum absolute atomic E-state index is 0.0945. The van der Waals surface area contributed by atoms with E-state index in [2.05, 4.69) is 10.6 Å². The van der Waals surface area contributed by atoms with E-state index in [0.717, 1.165) is 31.4 Å². The summed E-state index contributed by atoms with van der Waals surface area (Å²) in [6, 6.07) is 7.03. The number of piperidine rings is 1. The molecule has 6 heteroatoms. The van der Waals surface area contributed by atoms with Crippen molar-refractivity contribution in [2.24, 2.45) is 0 Å². The van der Waals surface area contributed by atoms with Crippen molar-refractivity contribution in [2.45, 2.75) is 39.0 Å². The third-order valence-corrected chi connectivity index (χ3v) is 3.76. The second-order valence-corrected chi connectivity index (χ2v) is 5.62. The molecule has 1 aliphatic heterocycles. The zero-order valence-electron chi connectivity index (χ0n) is 13.4. The van der Waals surface area contributed by atoms with Gasteiger partial charge in [0.2, 0.25) is 5.91 Å². The van der Waals surface area contributed by atoms with Gasteiger partial charge in [-0.05, 0) is 37.5 Å². The second-order valence-electron chi connectivity index (χ2n) is 5.62. The molecule has 0 radical (unpaired) electrons.